The highest BCUT2D eigenvalue weighted by atomic mass is 32.1. The van der Waals surface area contributed by atoms with E-state index in [1.165, 1.54) is 11.5 Å². The molecule has 0 aliphatic carbocycles. The predicted octanol–water partition coefficient (Wildman–Crippen LogP) is 3.48. The van der Waals surface area contributed by atoms with Crippen molar-refractivity contribution >= 4 is 22.5 Å². The van der Waals surface area contributed by atoms with Gasteiger partial charge in [0.05, 0.1) is 12.3 Å². The predicted molar refractivity (Wildman–Crippen MR) is 75.4 cm³/mol. The van der Waals surface area contributed by atoms with Gasteiger partial charge in [-0.15, -0.1) is 0 Å². The number of aromatic nitrogens is 1. The molecule has 1 heterocycles. The molecule has 1 N–H and O–H groups in total. The lowest BCUT2D eigenvalue weighted by atomic mass is 9.92. The van der Waals surface area contributed by atoms with Crippen LogP contribution in [0.3, 0.4) is 0 Å². The normalized spacial score (nSPS) is 11.4. The van der Waals surface area contributed by atoms with Crippen molar-refractivity contribution in [2.24, 2.45) is 5.41 Å². The van der Waals surface area contributed by atoms with Crippen LogP contribution in [0.5, 0.6) is 0 Å². The minimum Gasteiger partial charge on any atom is -0.462 e. The van der Waals surface area contributed by atoms with E-state index in [2.05, 4.69) is 30.5 Å². The number of esters is 1. The lowest BCUT2D eigenvalue weighted by Gasteiger charge is -2.18. The average molecular weight is 270 g/mol. The van der Waals surface area contributed by atoms with Crippen LogP contribution in [0.1, 0.15) is 50.2 Å². The van der Waals surface area contributed by atoms with Crippen LogP contribution in [0.25, 0.3) is 0 Å². The molecule has 0 radical (unpaired) electrons. The van der Waals surface area contributed by atoms with Gasteiger partial charge in [0, 0.05) is 6.54 Å². The van der Waals surface area contributed by atoms with E-state index >= 15 is 0 Å². The summed E-state index contributed by atoms with van der Waals surface area (Å²) in [5.41, 5.74) is 1.59. The van der Waals surface area contributed by atoms with Crippen LogP contribution in [-0.2, 0) is 4.74 Å². The number of carbonyl (C=O) groups excluding carboxylic acids is 1. The van der Waals surface area contributed by atoms with E-state index in [0.717, 1.165) is 23.7 Å². The topological polar surface area (TPSA) is 51.2 Å². The zero-order chi connectivity index (χ0) is 13.8. The monoisotopic (exact) mass is 270 g/mol. The van der Waals surface area contributed by atoms with Crippen molar-refractivity contribution in [1.82, 2.24) is 4.37 Å². The van der Waals surface area contributed by atoms with Crippen LogP contribution in [0.15, 0.2) is 0 Å². The summed E-state index contributed by atoms with van der Waals surface area (Å²) in [6, 6.07) is 0. The summed E-state index contributed by atoms with van der Waals surface area (Å²) in [6.45, 7) is 11.4. The molecule has 0 unspecified atom stereocenters. The smallest absolute Gasteiger partial charge is 0.343 e. The van der Waals surface area contributed by atoms with Crippen molar-refractivity contribution < 1.29 is 9.53 Å². The molecular weight excluding hydrogens is 248 g/mol. The molecule has 0 atom stereocenters. The van der Waals surface area contributed by atoms with E-state index in [4.69, 9.17) is 4.74 Å². The second-order valence-corrected chi connectivity index (χ2v) is 6.20. The van der Waals surface area contributed by atoms with Crippen molar-refractivity contribution in [3.63, 3.8) is 0 Å². The second-order valence-electron chi connectivity index (χ2n) is 5.43. The first-order valence-corrected chi connectivity index (χ1v) is 6.99. The third-order valence-corrected chi connectivity index (χ3v) is 3.40. The first-order valence-electron chi connectivity index (χ1n) is 6.22. The van der Waals surface area contributed by atoms with E-state index in [0.29, 0.717) is 12.2 Å². The number of aryl methyl sites for hydroxylation is 1. The van der Waals surface area contributed by atoms with Crippen LogP contribution in [0.4, 0.5) is 5.00 Å². The molecule has 0 aromatic carbocycles. The number of hydrogen-bond donors (Lipinski definition) is 1. The van der Waals surface area contributed by atoms with Crippen LogP contribution in [0, 0.1) is 12.3 Å². The molecule has 0 spiro atoms. The maximum atomic E-state index is 11.8. The van der Waals surface area contributed by atoms with Crippen LogP contribution < -0.4 is 5.32 Å². The highest BCUT2D eigenvalue weighted by Crippen LogP contribution is 2.26. The number of carbonyl (C=O) groups is 1. The second kappa shape index (κ2) is 6.18. The van der Waals surface area contributed by atoms with Gasteiger partial charge in [-0.2, -0.15) is 4.37 Å². The Hall–Kier alpha value is -1.10. The molecule has 18 heavy (non-hydrogen) atoms. The highest BCUT2D eigenvalue weighted by Gasteiger charge is 2.19. The zero-order valence-corrected chi connectivity index (χ0v) is 12.6. The zero-order valence-electron chi connectivity index (χ0n) is 11.8. The Morgan fingerprint density at radius 2 is 2.11 bits per heavy atom. The van der Waals surface area contributed by atoms with Gasteiger partial charge in [-0.25, -0.2) is 4.79 Å². The number of rotatable bonds is 5. The standard InChI is InChI=1S/C13H22N2O2S/c1-6-17-12(16)10-9(2)15-18-11(10)14-8-7-13(3,4)5/h14H,6-8H2,1-5H3. The Morgan fingerprint density at radius 3 is 2.67 bits per heavy atom. The van der Waals surface area contributed by atoms with E-state index in [-0.39, 0.29) is 11.4 Å². The van der Waals surface area contributed by atoms with Gasteiger partial charge in [0.15, 0.2) is 0 Å². The third-order valence-electron chi connectivity index (χ3n) is 2.50. The van der Waals surface area contributed by atoms with Crippen LogP contribution >= 0.6 is 11.5 Å². The van der Waals surface area contributed by atoms with E-state index in [1.54, 1.807) is 6.92 Å². The summed E-state index contributed by atoms with van der Waals surface area (Å²) in [5.74, 6) is -0.290. The SMILES string of the molecule is CCOC(=O)c1c(C)nsc1NCCC(C)(C)C. The van der Waals surface area contributed by atoms with E-state index in [9.17, 15) is 4.79 Å². The number of nitrogens with one attached hydrogen (secondary N) is 1. The van der Waals surface area contributed by atoms with Crippen LogP contribution in [-0.4, -0.2) is 23.5 Å². The number of hydrogen-bond acceptors (Lipinski definition) is 5. The first kappa shape index (κ1) is 15.0. The van der Waals surface area contributed by atoms with E-state index < -0.39 is 0 Å². The first-order chi connectivity index (χ1) is 8.35. The Balaban J connectivity index is 2.69. The molecule has 4 nitrogen and oxygen atoms in total. The number of nitrogens with zero attached hydrogens (tertiary/aromatic N) is 1. The minimum atomic E-state index is -0.290. The Morgan fingerprint density at radius 1 is 1.44 bits per heavy atom. The quantitative estimate of drug-likeness (QED) is 0.832. The number of ether oxygens (including phenoxy) is 1. The van der Waals surface area contributed by atoms with Crippen molar-refractivity contribution in [2.75, 3.05) is 18.5 Å². The largest absolute Gasteiger partial charge is 0.462 e. The summed E-state index contributed by atoms with van der Waals surface area (Å²) in [4.78, 5) is 11.8. The van der Waals surface area contributed by atoms with Crippen molar-refractivity contribution in [3.05, 3.63) is 11.3 Å². The summed E-state index contributed by atoms with van der Waals surface area (Å²) in [7, 11) is 0. The van der Waals surface area contributed by atoms with Crippen LogP contribution in [0.2, 0.25) is 0 Å². The van der Waals surface area contributed by atoms with Gasteiger partial charge in [0.25, 0.3) is 0 Å². The summed E-state index contributed by atoms with van der Waals surface area (Å²) in [5, 5.41) is 4.10. The molecule has 0 fully saturated rings. The van der Waals surface area contributed by atoms with Gasteiger partial charge in [-0.05, 0) is 37.2 Å². The maximum Gasteiger partial charge on any atom is 0.343 e. The lowest BCUT2D eigenvalue weighted by Crippen LogP contribution is -2.14. The molecule has 0 saturated heterocycles. The van der Waals surface area contributed by atoms with Gasteiger partial charge in [-0.3, -0.25) is 0 Å². The Labute approximate surface area is 113 Å². The van der Waals surface area contributed by atoms with Gasteiger partial charge in [0.2, 0.25) is 0 Å². The average Bonchev–Trinajstić information content (AvgIpc) is 2.58. The molecule has 0 amide bonds. The lowest BCUT2D eigenvalue weighted by molar-refractivity contribution is 0.0527. The summed E-state index contributed by atoms with van der Waals surface area (Å²) < 4.78 is 9.26. The fourth-order valence-electron chi connectivity index (χ4n) is 1.49. The Bertz CT molecular complexity index is 408. The molecular formula is C13H22N2O2S. The molecule has 0 saturated carbocycles. The van der Waals surface area contributed by atoms with Gasteiger partial charge >= 0.3 is 5.97 Å². The molecule has 0 bridgehead atoms. The molecule has 5 heteroatoms. The molecule has 102 valence electrons. The van der Waals surface area contributed by atoms with Crippen molar-refractivity contribution in [2.45, 2.75) is 41.0 Å². The molecule has 1 aromatic rings. The maximum absolute atomic E-state index is 11.8. The summed E-state index contributed by atoms with van der Waals surface area (Å²) in [6.07, 6.45) is 1.03. The molecule has 1 aromatic heterocycles. The van der Waals surface area contributed by atoms with Crippen molar-refractivity contribution in [1.29, 1.82) is 0 Å². The summed E-state index contributed by atoms with van der Waals surface area (Å²) >= 11 is 1.32. The highest BCUT2D eigenvalue weighted by molar-refractivity contribution is 7.10. The van der Waals surface area contributed by atoms with Gasteiger partial charge in [-0.1, -0.05) is 20.8 Å². The van der Waals surface area contributed by atoms with E-state index in [1.807, 2.05) is 6.92 Å². The van der Waals surface area contributed by atoms with Gasteiger partial charge in [0.1, 0.15) is 10.6 Å². The molecule has 1 rings (SSSR count). The molecule has 0 aliphatic rings. The number of anilines is 1. The fourth-order valence-corrected chi connectivity index (χ4v) is 2.29. The molecule has 0 aliphatic heterocycles. The Kier molecular flexibility index (Phi) is 5.14. The van der Waals surface area contributed by atoms with Crippen molar-refractivity contribution in [3.8, 4) is 0 Å². The fraction of sp³-hybridized carbons (Fsp3) is 0.692. The third kappa shape index (κ3) is 4.29. The van der Waals surface area contributed by atoms with Gasteiger partial charge < -0.3 is 10.1 Å². The minimum absolute atomic E-state index is 0.275.